The highest BCUT2D eigenvalue weighted by Crippen LogP contribution is 2.24. The van der Waals surface area contributed by atoms with E-state index in [1.165, 1.54) is 51.7 Å². The van der Waals surface area contributed by atoms with Crippen LogP contribution in [0.2, 0.25) is 0 Å². The molecule has 3 atom stereocenters. The summed E-state index contributed by atoms with van der Waals surface area (Å²) in [5, 5.41) is 0. The van der Waals surface area contributed by atoms with Crippen molar-refractivity contribution in [1.82, 2.24) is 4.90 Å². The third-order valence-corrected chi connectivity index (χ3v) is 4.05. The standard InChI is InChI=1S/C14H30N2/c1-4-12(3)10-16(5-2)11-13-7-6-8-14(15)9-13/h12-14H,4-11,15H2,1-3H3. The van der Waals surface area contributed by atoms with Gasteiger partial charge >= 0.3 is 0 Å². The minimum Gasteiger partial charge on any atom is -0.328 e. The summed E-state index contributed by atoms with van der Waals surface area (Å²) in [7, 11) is 0. The van der Waals surface area contributed by atoms with Crippen molar-refractivity contribution in [2.45, 2.75) is 58.9 Å². The molecule has 1 saturated carbocycles. The van der Waals surface area contributed by atoms with E-state index >= 15 is 0 Å². The van der Waals surface area contributed by atoms with Crippen molar-refractivity contribution in [1.29, 1.82) is 0 Å². The number of nitrogens with zero attached hydrogens (tertiary/aromatic N) is 1. The lowest BCUT2D eigenvalue weighted by molar-refractivity contribution is 0.179. The van der Waals surface area contributed by atoms with Crippen molar-refractivity contribution in [2.24, 2.45) is 17.6 Å². The molecule has 0 aromatic rings. The first-order chi connectivity index (χ1) is 7.65. The Kier molecular flexibility index (Phi) is 6.37. The van der Waals surface area contributed by atoms with Crippen LogP contribution in [0, 0.1) is 11.8 Å². The predicted molar refractivity (Wildman–Crippen MR) is 71.5 cm³/mol. The molecule has 3 unspecified atom stereocenters. The van der Waals surface area contributed by atoms with Crippen LogP contribution in [0.15, 0.2) is 0 Å². The van der Waals surface area contributed by atoms with Gasteiger partial charge in [0.05, 0.1) is 0 Å². The van der Waals surface area contributed by atoms with E-state index in [1.807, 2.05) is 0 Å². The first kappa shape index (κ1) is 14.0. The van der Waals surface area contributed by atoms with Crippen LogP contribution in [0.1, 0.15) is 52.9 Å². The van der Waals surface area contributed by atoms with E-state index in [0.717, 1.165) is 11.8 Å². The van der Waals surface area contributed by atoms with Crippen LogP contribution in [0.4, 0.5) is 0 Å². The summed E-state index contributed by atoms with van der Waals surface area (Å²) in [4.78, 5) is 2.62. The maximum absolute atomic E-state index is 6.05. The average molecular weight is 226 g/mol. The summed E-state index contributed by atoms with van der Waals surface area (Å²) < 4.78 is 0. The van der Waals surface area contributed by atoms with Gasteiger partial charge in [0.25, 0.3) is 0 Å². The molecule has 0 radical (unpaired) electrons. The highest BCUT2D eigenvalue weighted by molar-refractivity contribution is 4.77. The van der Waals surface area contributed by atoms with Gasteiger partial charge in [-0.15, -0.1) is 0 Å². The predicted octanol–water partition coefficient (Wildman–Crippen LogP) is 2.87. The summed E-state index contributed by atoms with van der Waals surface area (Å²) in [6.45, 7) is 10.7. The van der Waals surface area contributed by atoms with E-state index < -0.39 is 0 Å². The van der Waals surface area contributed by atoms with E-state index in [0.29, 0.717) is 6.04 Å². The van der Waals surface area contributed by atoms with E-state index in [4.69, 9.17) is 5.73 Å². The second-order valence-electron chi connectivity index (χ2n) is 5.66. The maximum Gasteiger partial charge on any atom is 0.00419 e. The summed E-state index contributed by atoms with van der Waals surface area (Å²) in [6, 6.07) is 0.473. The number of nitrogens with two attached hydrogens (primary N) is 1. The van der Waals surface area contributed by atoms with Crippen molar-refractivity contribution in [3.63, 3.8) is 0 Å². The lowest BCUT2D eigenvalue weighted by atomic mass is 9.85. The third-order valence-electron chi connectivity index (χ3n) is 4.05. The van der Waals surface area contributed by atoms with Crippen LogP contribution in [-0.2, 0) is 0 Å². The van der Waals surface area contributed by atoms with Gasteiger partial charge < -0.3 is 10.6 Å². The molecule has 0 amide bonds. The molecule has 1 fully saturated rings. The molecule has 96 valence electrons. The topological polar surface area (TPSA) is 29.3 Å². The van der Waals surface area contributed by atoms with Gasteiger partial charge in [0.1, 0.15) is 0 Å². The van der Waals surface area contributed by atoms with Crippen LogP contribution in [0.5, 0.6) is 0 Å². The highest BCUT2D eigenvalue weighted by Gasteiger charge is 2.21. The molecular weight excluding hydrogens is 196 g/mol. The lowest BCUT2D eigenvalue weighted by Crippen LogP contribution is -2.37. The van der Waals surface area contributed by atoms with Crippen molar-refractivity contribution in [2.75, 3.05) is 19.6 Å². The largest absolute Gasteiger partial charge is 0.328 e. The molecule has 1 aliphatic rings. The third kappa shape index (κ3) is 4.84. The molecular formula is C14H30N2. The monoisotopic (exact) mass is 226 g/mol. The molecule has 1 aliphatic carbocycles. The van der Waals surface area contributed by atoms with Gasteiger partial charge in [-0.25, -0.2) is 0 Å². The van der Waals surface area contributed by atoms with Gasteiger partial charge in [-0.05, 0) is 37.6 Å². The molecule has 0 aromatic heterocycles. The highest BCUT2D eigenvalue weighted by atomic mass is 15.1. The van der Waals surface area contributed by atoms with Crippen LogP contribution in [-0.4, -0.2) is 30.6 Å². The Morgan fingerprint density at radius 1 is 1.31 bits per heavy atom. The fourth-order valence-electron chi connectivity index (χ4n) is 2.77. The Balaban J connectivity index is 2.31. The fraction of sp³-hybridized carbons (Fsp3) is 1.00. The molecule has 16 heavy (non-hydrogen) atoms. The van der Waals surface area contributed by atoms with Crippen LogP contribution >= 0.6 is 0 Å². The van der Waals surface area contributed by atoms with Crippen LogP contribution in [0.25, 0.3) is 0 Å². The minimum atomic E-state index is 0.473. The van der Waals surface area contributed by atoms with Gasteiger partial charge in [-0.1, -0.05) is 33.6 Å². The van der Waals surface area contributed by atoms with Gasteiger partial charge in [-0.3, -0.25) is 0 Å². The summed E-state index contributed by atoms with van der Waals surface area (Å²) in [5.41, 5.74) is 6.05. The molecule has 0 spiro atoms. The Hall–Kier alpha value is -0.0800. The zero-order chi connectivity index (χ0) is 12.0. The van der Waals surface area contributed by atoms with Gasteiger partial charge in [0.15, 0.2) is 0 Å². The Morgan fingerprint density at radius 2 is 2.06 bits per heavy atom. The molecule has 0 saturated heterocycles. The number of rotatable bonds is 6. The number of hydrogen-bond donors (Lipinski definition) is 1. The molecule has 2 nitrogen and oxygen atoms in total. The van der Waals surface area contributed by atoms with Crippen molar-refractivity contribution < 1.29 is 0 Å². The second-order valence-corrected chi connectivity index (χ2v) is 5.66. The van der Waals surface area contributed by atoms with Gasteiger partial charge in [0.2, 0.25) is 0 Å². The number of hydrogen-bond acceptors (Lipinski definition) is 2. The van der Waals surface area contributed by atoms with E-state index in [-0.39, 0.29) is 0 Å². The molecule has 0 aromatic carbocycles. The molecule has 1 rings (SSSR count). The Labute approximate surface area is 102 Å². The smallest absolute Gasteiger partial charge is 0.00419 e. The van der Waals surface area contributed by atoms with Crippen LogP contribution in [0.3, 0.4) is 0 Å². The van der Waals surface area contributed by atoms with Gasteiger partial charge in [0, 0.05) is 19.1 Å². The Bertz CT molecular complexity index is 182. The van der Waals surface area contributed by atoms with Crippen molar-refractivity contribution in [3.05, 3.63) is 0 Å². The average Bonchev–Trinajstić information content (AvgIpc) is 2.28. The molecule has 0 aliphatic heterocycles. The zero-order valence-corrected chi connectivity index (χ0v) is 11.4. The quantitative estimate of drug-likeness (QED) is 0.754. The molecule has 2 N–H and O–H groups in total. The zero-order valence-electron chi connectivity index (χ0n) is 11.4. The summed E-state index contributed by atoms with van der Waals surface area (Å²) in [6.07, 6.45) is 6.52. The van der Waals surface area contributed by atoms with E-state index in [1.54, 1.807) is 0 Å². The SMILES string of the molecule is CCC(C)CN(CC)CC1CCCC(N)C1. The van der Waals surface area contributed by atoms with Crippen LogP contribution < -0.4 is 5.73 Å². The van der Waals surface area contributed by atoms with Crippen molar-refractivity contribution in [3.8, 4) is 0 Å². The first-order valence-electron chi connectivity index (χ1n) is 7.13. The molecule has 0 bridgehead atoms. The summed E-state index contributed by atoms with van der Waals surface area (Å²) in [5.74, 6) is 1.69. The molecule has 0 heterocycles. The maximum atomic E-state index is 6.05. The molecule has 2 heteroatoms. The Morgan fingerprint density at radius 3 is 2.62 bits per heavy atom. The lowest BCUT2D eigenvalue weighted by Gasteiger charge is -2.32. The van der Waals surface area contributed by atoms with Gasteiger partial charge in [-0.2, -0.15) is 0 Å². The fourth-order valence-corrected chi connectivity index (χ4v) is 2.77. The minimum absolute atomic E-state index is 0.473. The second kappa shape index (κ2) is 7.29. The van der Waals surface area contributed by atoms with Crippen molar-refractivity contribution >= 4 is 0 Å². The summed E-state index contributed by atoms with van der Waals surface area (Å²) >= 11 is 0. The normalized spacial score (nSPS) is 28.3. The van der Waals surface area contributed by atoms with E-state index in [2.05, 4.69) is 25.7 Å². The van der Waals surface area contributed by atoms with E-state index in [9.17, 15) is 0 Å². The first-order valence-corrected chi connectivity index (χ1v) is 7.13.